The highest BCUT2D eigenvalue weighted by Gasteiger charge is 2.14. The van der Waals surface area contributed by atoms with Gasteiger partial charge in [0.05, 0.1) is 11.0 Å². The van der Waals surface area contributed by atoms with Crippen molar-refractivity contribution >= 4 is 11.0 Å². The predicted molar refractivity (Wildman–Crippen MR) is 49.5 cm³/mol. The molecule has 0 radical (unpaired) electrons. The molecule has 0 unspecified atom stereocenters. The zero-order chi connectivity index (χ0) is 8.84. The Balaban J connectivity index is 2.49. The SMILES string of the molecule is O=c1[nH]c2ccc3c(c2[nH]1)CNC3. The van der Waals surface area contributed by atoms with Crippen molar-refractivity contribution in [1.29, 1.82) is 0 Å². The van der Waals surface area contributed by atoms with Gasteiger partial charge in [0.15, 0.2) is 0 Å². The molecule has 4 heteroatoms. The van der Waals surface area contributed by atoms with E-state index in [1.807, 2.05) is 6.07 Å². The Hall–Kier alpha value is -1.55. The lowest BCUT2D eigenvalue weighted by atomic mass is 10.1. The third-order valence-electron chi connectivity index (χ3n) is 2.51. The first-order valence-electron chi connectivity index (χ1n) is 4.28. The molecule has 1 aromatic carbocycles. The Labute approximate surface area is 74.0 Å². The highest BCUT2D eigenvalue weighted by Crippen LogP contribution is 2.21. The molecule has 2 aromatic rings. The van der Waals surface area contributed by atoms with Gasteiger partial charge in [0, 0.05) is 13.1 Å². The summed E-state index contributed by atoms with van der Waals surface area (Å²) in [4.78, 5) is 16.6. The molecule has 1 aromatic heterocycles. The second kappa shape index (κ2) is 2.23. The molecule has 0 amide bonds. The van der Waals surface area contributed by atoms with E-state index in [1.54, 1.807) is 0 Å². The first-order chi connectivity index (χ1) is 6.34. The third kappa shape index (κ3) is 0.860. The molecule has 0 spiro atoms. The molecule has 0 bridgehead atoms. The van der Waals surface area contributed by atoms with Crippen molar-refractivity contribution in [3.63, 3.8) is 0 Å². The van der Waals surface area contributed by atoms with Crippen LogP contribution in [0.15, 0.2) is 16.9 Å². The van der Waals surface area contributed by atoms with Gasteiger partial charge < -0.3 is 15.3 Å². The van der Waals surface area contributed by atoms with Crippen LogP contribution in [-0.4, -0.2) is 9.97 Å². The van der Waals surface area contributed by atoms with E-state index < -0.39 is 0 Å². The average molecular weight is 175 g/mol. The fourth-order valence-corrected chi connectivity index (χ4v) is 1.89. The first kappa shape index (κ1) is 6.91. The summed E-state index contributed by atoms with van der Waals surface area (Å²) in [5.74, 6) is 0. The molecule has 13 heavy (non-hydrogen) atoms. The van der Waals surface area contributed by atoms with Gasteiger partial charge >= 0.3 is 5.69 Å². The molecule has 0 saturated heterocycles. The van der Waals surface area contributed by atoms with Crippen molar-refractivity contribution in [2.75, 3.05) is 0 Å². The molecule has 0 fully saturated rings. The maximum absolute atomic E-state index is 11.1. The Bertz CT molecular complexity index is 523. The van der Waals surface area contributed by atoms with Crippen molar-refractivity contribution in [3.05, 3.63) is 33.7 Å². The van der Waals surface area contributed by atoms with Crippen molar-refractivity contribution < 1.29 is 0 Å². The lowest BCUT2D eigenvalue weighted by Crippen LogP contribution is -2.01. The summed E-state index contributed by atoms with van der Waals surface area (Å²) < 4.78 is 0. The lowest BCUT2D eigenvalue weighted by Gasteiger charge is -1.97. The number of H-pyrrole nitrogens is 2. The van der Waals surface area contributed by atoms with Gasteiger partial charge in [-0.2, -0.15) is 0 Å². The smallest absolute Gasteiger partial charge is 0.309 e. The molecule has 0 aliphatic carbocycles. The van der Waals surface area contributed by atoms with Crippen LogP contribution in [0.4, 0.5) is 0 Å². The number of aromatic nitrogens is 2. The van der Waals surface area contributed by atoms with Crippen LogP contribution in [0.5, 0.6) is 0 Å². The maximum Gasteiger partial charge on any atom is 0.323 e. The molecule has 4 nitrogen and oxygen atoms in total. The minimum absolute atomic E-state index is 0.129. The maximum atomic E-state index is 11.1. The Morgan fingerprint density at radius 2 is 2.08 bits per heavy atom. The molecule has 66 valence electrons. The van der Waals surface area contributed by atoms with E-state index in [-0.39, 0.29) is 5.69 Å². The third-order valence-corrected chi connectivity index (χ3v) is 2.51. The minimum Gasteiger partial charge on any atom is -0.309 e. The molecule has 0 saturated carbocycles. The summed E-state index contributed by atoms with van der Waals surface area (Å²) in [6.45, 7) is 1.75. The summed E-state index contributed by atoms with van der Waals surface area (Å²) in [5.41, 5.74) is 4.22. The van der Waals surface area contributed by atoms with E-state index in [1.165, 1.54) is 11.1 Å². The van der Waals surface area contributed by atoms with Crippen molar-refractivity contribution in [2.45, 2.75) is 13.1 Å². The number of fused-ring (bicyclic) bond motifs is 3. The number of aromatic amines is 2. The van der Waals surface area contributed by atoms with E-state index in [0.29, 0.717) is 0 Å². The zero-order valence-corrected chi connectivity index (χ0v) is 6.98. The van der Waals surface area contributed by atoms with Gasteiger partial charge in [0.2, 0.25) is 0 Å². The molecule has 3 rings (SSSR count). The predicted octanol–water partition coefficient (Wildman–Crippen LogP) is 0.459. The van der Waals surface area contributed by atoms with Crippen LogP contribution in [0.1, 0.15) is 11.1 Å². The van der Waals surface area contributed by atoms with Crippen molar-refractivity contribution in [3.8, 4) is 0 Å². The normalized spacial score (nSPS) is 15.1. The second-order valence-corrected chi connectivity index (χ2v) is 3.31. The summed E-state index contributed by atoms with van der Waals surface area (Å²) >= 11 is 0. The summed E-state index contributed by atoms with van der Waals surface area (Å²) in [6.07, 6.45) is 0. The monoisotopic (exact) mass is 175 g/mol. The number of rotatable bonds is 0. The molecular weight excluding hydrogens is 166 g/mol. The lowest BCUT2D eigenvalue weighted by molar-refractivity contribution is 0.765. The van der Waals surface area contributed by atoms with E-state index in [0.717, 1.165) is 24.1 Å². The van der Waals surface area contributed by atoms with Crippen LogP contribution in [0.25, 0.3) is 11.0 Å². The summed E-state index contributed by atoms with van der Waals surface area (Å²) in [7, 11) is 0. The number of hydrogen-bond acceptors (Lipinski definition) is 2. The summed E-state index contributed by atoms with van der Waals surface area (Å²) in [5, 5.41) is 3.25. The van der Waals surface area contributed by atoms with Crippen molar-refractivity contribution in [1.82, 2.24) is 15.3 Å². The van der Waals surface area contributed by atoms with E-state index in [2.05, 4.69) is 21.4 Å². The van der Waals surface area contributed by atoms with Crippen LogP contribution in [0.3, 0.4) is 0 Å². The number of nitrogens with one attached hydrogen (secondary N) is 3. The highest BCUT2D eigenvalue weighted by molar-refractivity contribution is 5.80. The van der Waals surface area contributed by atoms with Gasteiger partial charge in [0.25, 0.3) is 0 Å². The van der Waals surface area contributed by atoms with Gasteiger partial charge in [-0.3, -0.25) is 0 Å². The van der Waals surface area contributed by atoms with Gasteiger partial charge in [-0.1, -0.05) is 6.07 Å². The first-order valence-corrected chi connectivity index (χ1v) is 4.28. The van der Waals surface area contributed by atoms with Crippen LogP contribution in [0, 0.1) is 0 Å². The molecule has 0 atom stereocenters. The van der Waals surface area contributed by atoms with Gasteiger partial charge in [-0.15, -0.1) is 0 Å². The van der Waals surface area contributed by atoms with Crippen LogP contribution in [0.2, 0.25) is 0 Å². The Morgan fingerprint density at radius 3 is 3.00 bits per heavy atom. The fourth-order valence-electron chi connectivity index (χ4n) is 1.89. The van der Waals surface area contributed by atoms with Gasteiger partial charge in [-0.25, -0.2) is 4.79 Å². The second-order valence-electron chi connectivity index (χ2n) is 3.31. The minimum atomic E-state index is -0.129. The van der Waals surface area contributed by atoms with Gasteiger partial charge in [-0.05, 0) is 17.2 Å². The summed E-state index contributed by atoms with van der Waals surface area (Å²) in [6, 6.07) is 4.00. The fraction of sp³-hybridized carbons (Fsp3) is 0.222. The van der Waals surface area contributed by atoms with Crippen molar-refractivity contribution in [2.24, 2.45) is 0 Å². The molecule has 2 heterocycles. The molecule has 3 N–H and O–H groups in total. The van der Waals surface area contributed by atoms with E-state index in [4.69, 9.17) is 0 Å². The molecule has 1 aliphatic heterocycles. The van der Waals surface area contributed by atoms with E-state index >= 15 is 0 Å². The van der Waals surface area contributed by atoms with Crippen LogP contribution >= 0.6 is 0 Å². The van der Waals surface area contributed by atoms with Gasteiger partial charge in [0.1, 0.15) is 0 Å². The topological polar surface area (TPSA) is 60.7 Å². The average Bonchev–Trinajstić information content (AvgIpc) is 2.65. The van der Waals surface area contributed by atoms with Crippen LogP contribution < -0.4 is 11.0 Å². The standard InChI is InChI=1S/C9H9N3O/c13-9-11-7-2-1-5-3-10-4-6(5)8(7)12-9/h1-2,10H,3-4H2,(H2,11,12,13). The number of imidazole rings is 1. The number of hydrogen-bond donors (Lipinski definition) is 3. The molecule has 1 aliphatic rings. The Kier molecular flexibility index (Phi) is 1.19. The molecular formula is C9H9N3O. The van der Waals surface area contributed by atoms with E-state index in [9.17, 15) is 4.79 Å². The van der Waals surface area contributed by atoms with Crippen LogP contribution in [-0.2, 0) is 13.1 Å². The Morgan fingerprint density at radius 1 is 1.15 bits per heavy atom. The number of benzene rings is 1. The quantitative estimate of drug-likeness (QED) is 0.544. The highest BCUT2D eigenvalue weighted by atomic mass is 16.1. The largest absolute Gasteiger partial charge is 0.323 e. The zero-order valence-electron chi connectivity index (χ0n) is 6.98.